The summed E-state index contributed by atoms with van der Waals surface area (Å²) in [4.78, 5) is 10.9. The summed E-state index contributed by atoms with van der Waals surface area (Å²) >= 11 is 0. The minimum absolute atomic E-state index is 0.520. The van der Waals surface area contributed by atoms with E-state index in [-0.39, 0.29) is 0 Å². The van der Waals surface area contributed by atoms with Gasteiger partial charge in [-0.3, -0.25) is 4.79 Å². The van der Waals surface area contributed by atoms with E-state index in [9.17, 15) is 18.0 Å². The second kappa shape index (κ2) is 4.51. The lowest BCUT2D eigenvalue weighted by Crippen LogP contribution is -2.38. The van der Waals surface area contributed by atoms with E-state index in [1.54, 1.807) is 18.2 Å². The fourth-order valence-electron chi connectivity index (χ4n) is 2.01. The van der Waals surface area contributed by atoms with Crippen molar-refractivity contribution in [2.75, 3.05) is 6.61 Å². The number of hydrogen-bond acceptors (Lipinski definition) is 2. The van der Waals surface area contributed by atoms with Crippen LogP contribution in [0, 0.1) is 0 Å². The molecule has 1 N–H and O–H groups in total. The molecule has 1 aliphatic heterocycles. The van der Waals surface area contributed by atoms with E-state index >= 15 is 0 Å². The molecule has 0 bridgehead atoms. The van der Waals surface area contributed by atoms with Crippen LogP contribution in [0.5, 0.6) is 5.75 Å². The van der Waals surface area contributed by atoms with Crippen LogP contribution in [0.3, 0.4) is 0 Å². The van der Waals surface area contributed by atoms with E-state index in [2.05, 4.69) is 0 Å². The van der Waals surface area contributed by atoms with Gasteiger partial charge in [0.1, 0.15) is 5.75 Å². The highest BCUT2D eigenvalue weighted by Crippen LogP contribution is 2.31. The molecular formula is C12H12F3NO2. The molecule has 0 saturated carbocycles. The van der Waals surface area contributed by atoms with Crippen molar-refractivity contribution in [3.63, 3.8) is 0 Å². The predicted molar refractivity (Wildman–Crippen MR) is 58.3 cm³/mol. The van der Waals surface area contributed by atoms with Gasteiger partial charge in [0.15, 0.2) is 0 Å². The van der Waals surface area contributed by atoms with Crippen LogP contribution >= 0.6 is 0 Å². The molecule has 0 radical (unpaired) electrons. The Morgan fingerprint density at radius 3 is 2.83 bits per heavy atom. The molecule has 18 heavy (non-hydrogen) atoms. The van der Waals surface area contributed by atoms with Crippen molar-refractivity contribution in [2.24, 2.45) is 0 Å². The molecule has 98 valence electrons. The van der Waals surface area contributed by atoms with Gasteiger partial charge < -0.3 is 10.1 Å². The predicted octanol–water partition coefficient (Wildman–Crippen LogP) is 2.36. The van der Waals surface area contributed by atoms with Crippen LogP contribution in [-0.2, 0) is 11.2 Å². The van der Waals surface area contributed by atoms with Crippen LogP contribution in [0.1, 0.15) is 24.1 Å². The van der Waals surface area contributed by atoms with Crippen LogP contribution in [-0.4, -0.2) is 18.7 Å². The summed E-state index contributed by atoms with van der Waals surface area (Å²) in [5, 5.41) is 1.95. The number of alkyl halides is 3. The zero-order valence-electron chi connectivity index (χ0n) is 9.67. The summed E-state index contributed by atoms with van der Waals surface area (Å²) < 4.78 is 41.8. The van der Waals surface area contributed by atoms with Crippen molar-refractivity contribution in [2.45, 2.75) is 25.6 Å². The van der Waals surface area contributed by atoms with Gasteiger partial charge in [-0.15, -0.1) is 0 Å². The first-order chi connectivity index (χ1) is 8.39. The topological polar surface area (TPSA) is 38.3 Å². The molecule has 6 heteroatoms. The summed E-state index contributed by atoms with van der Waals surface area (Å²) in [5.74, 6) is -1.24. The van der Waals surface area contributed by atoms with Crippen LogP contribution in [0.4, 0.5) is 13.2 Å². The normalized spacial score (nSPS) is 15.8. The smallest absolute Gasteiger partial charge is 0.471 e. The van der Waals surface area contributed by atoms with E-state index in [1.807, 2.05) is 5.32 Å². The average molecular weight is 259 g/mol. The first-order valence-corrected chi connectivity index (χ1v) is 5.52. The molecule has 0 fully saturated rings. The number of carbonyl (C=O) groups is 1. The van der Waals surface area contributed by atoms with Gasteiger partial charge in [-0.25, -0.2) is 0 Å². The largest absolute Gasteiger partial charge is 0.493 e. The Kier molecular flexibility index (Phi) is 3.19. The van der Waals surface area contributed by atoms with Crippen molar-refractivity contribution in [1.29, 1.82) is 0 Å². The van der Waals surface area contributed by atoms with Crippen molar-refractivity contribution in [3.8, 4) is 5.75 Å². The number of ether oxygens (including phenoxy) is 1. The number of hydrogen-bond donors (Lipinski definition) is 1. The fraction of sp³-hybridized carbons (Fsp3) is 0.417. The molecule has 1 aromatic rings. The van der Waals surface area contributed by atoms with Gasteiger partial charge in [-0.2, -0.15) is 13.2 Å². The standard InChI is InChI=1S/C12H12F3NO2/c1-7(16-11(17)12(13,14)15)8-3-2-4-10-9(8)5-6-18-10/h2-4,7H,5-6H2,1H3,(H,16,17)/t7-/m1/s1. The molecule has 1 atom stereocenters. The van der Waals surface area contributed by atoms with Crippen molar-refractivity contribution in [1.82, 2.24) is 5.32 Å². The van der Waals surface area contributed by atoms with E-state index < -0.39 is 18.1 Å². The van der Waals surface area contributed by atoms with E-state index in [4.69, 9.17) is 4.74 Å². The molecule has 0 spiro atoms. The van der Waals surface area contributed by atoms with Crippen LogP contribution < -0.4 is 10.1 Å². The molecule has 0 unspecified atom stereocenters. The maximum Gasteiger partial charge on any atom is 0.471 e. The average Bonchev–Trinajstić information content (AvgIpc) is 2.74. The Hall–Kier alpha value is -1.72. The maximum absolute atomic E-state index is 12.2. The number of nitrogens with one attached hydrogen (secondary N) is 1. The Morgan fingerprint density at radius 2 is 2.17 bits per heavy atom. The number of amides is 1. The molecule has 2 rings (SSSR count). The highest BCUT2D eigenvalue weighted by molar-refractivity contribution is 5.82. The Bertz CT molecular complexity index is 471. The molecule has 1 amide bonds. The summed E-state index contributed by atoms with van der Waals surface area (Å²) in [6.07, 6.45) is -4.21. The van der Waals surface area contributed by atoms with Gasteiger partial charge in [0.05, 0.1) is 12.6 Å². The Morgan fingerprint density at radius 1 is 1.44 bits per heavy atom. The molecule has 1 heterocycles. The van der Waals surface area contributed by atoms with Crippen LogP contribution in [0.25, 0.3) is 0 Å². The van der Waals surface area contributed by atoms with Gasteiger partial charge in [-0.05, 0) is 18.6 Å². The van der Waals surface area contributed by atoms with E-state index in [1.165, 1.54) is 6.92 Å². The minimum atomic E-state index is -4.86. The number of halogens is 3. The molecule has 0 aromatic heterocycles. The third kappa shape index (κ3) is 2.42. The fourth-order valence-corrected chi connectivity index (χ4v) is 2.01. The van der Waals surface area contributed by atoms with Gasteiger partial charge in [0.2, 0.25) is 0 Å². The molecule has 1 aliphatic rings. The lowest BCUT2D eigenvalue weighted by Gasteiger charge is -2.17. The molecule has 1 aromatic carbocycles. The number of rotatable bonds is 2. The summed E-state index contributed by atoms with van der Waals surface area (Å²) in [6.45, 7) is 2.05. The summed E-state index contributed by atoms with van der Waals surface area (Å²) in [7, 11) is 0. The van der Waals surface area contributed by atoms with Crippen LogP contribution in [0.15, 0.2) is 18.2 Å². The van der Waals surface area contributed by atoms with E-state index in [0.717, 1.165) is 5.56 Å². The lowest BCUT2D eigenvalue weighted by atomic mass is 9.99. The van der Waals surface area contributed by atoms with Crippen LogP contribution in [0.2, 0.25) is 0 Å². The van der Waals surface area contributed by atoms with Gasteiger partial charge in [0, 0.05) is 12.0 Å². The lowest BCUT2D eigenvalue weighted by molar-refractivity contribution is -0.174. The van der Waals surface area contributed by atoms with Crippen molar-refractivity contribution >= 4 is 5.91 Å². The van der Waals surface area contributed by atoms with Crippen molar-refractivity contribution < 1.29 is 22.7 Å². The molecule has 0 aliphatic carbocycles. The van der Waals surface area contributed by atoms with Gasteiger partial charge in [-0.1, -0.05) is 12.1 Å². The first-order valence-electron chi connectivity index (χ1n) is 5.52. The molecule has 0 saturated heterocycles. The minimum Gasteiger partial charge on any atom is -0.493 e. The Balaban J connectivity index is 2.18. The number of benzene rings is 1. The van der Waals surface area contributed by atoms with E-state index in [0.29, 0.717) is 24.3 Å². The quantitative estimate of drug-likeness (QED) is 0.885. The SMILES string of the molecule is C[C@@H](NC(=O)C(F)(F)F)c1cccc2c1CCO2. The second-order valence-corrected chi connectivity index (χ2v) is 4.12. The zero-order chi connectivity index (χ0) is 13.3. The summed E-state index contributed by atoms with van der Waals surface area (Å²) in [5.41, 5.74) is 1.54. The highest BCUT2D eigenvalue weighted by Gasteiger charge is 2.39. The monoisotopic (exact) mass is 259 g/mol. The van der Waals surface area contributed by atoms with Gasteiger partial charge >= 0.3 is 12.1 Å². The first kappa shape index (κ1) is 12.7. The Labute approximate surface area is 102 Å². The van der Waals surface area contributed by atoms with Gasteiger partial charge in [0.25, 0.3) is 0 Å². The third-order valence-corrected chi connectivity index (χ3v) is 2.85. The number of carbonyl (C=O) groups excluding carboxylic acids is 1. The van der Waals surface area contributed by atoms with Crippen molar-refractivity contribution in [3.05, 3.63) is 29.3 Å². The number of fused-ring (bicyclic) bond motifs is 1. The molecular weight excluding hydrogens is 247 g/mol. The maximum atomic E-state index is 12.2. The molecule has 3 nitrogen and oxygen atoms in total. The third-order valence-electron chi connectivity index (χ3n) is 2.85. The highest BCUT2D eigenvalue weighted by atomic mass is 19.4. The summed E-state index contributed by atoms with van der Waals surface area (Å²) in [6, 6.07) is 4.48. The second-order valence-electron chi connectivity index (χ2n) is 4.12. The zero-order valence-corrected chi connectivity index (χ0v) is 9.67.